The first-order valence-electron chi connectivity index (χ1n) is 19.1. The molecular formula is C54H37NS. The van der Waals surface area contributed by atoms with E-state index in [1.807, 2.05) is 11.3 Å². The number of rotatable bonds is 8. The minimum absolute atomic E-state index is 1.09. The smallest absolute Gasteiger partial charge is 0.0546 e. The molecule has 0 bridgehead atoms. The van der Waals surface area contributed by atoms with Crippen molar-refractivity contribution >= 4 is 48.6 Å². The standard InChI is InChI=1S/C54H37NS/c1-4-17-38(18-5-1)42-23-14-24-44(37-42)55(43-35-33-41(34-36-43)46-26-11-10-25-45(46)39-19-6-2-7-20-39)50-30-15-28-47(40-21-8-3-9-22-40)53(50)49-29-16-32-52-54(49)48-27-12-13-31-51(48)56-52/h1-37H. The third-order valence-corrected chi connectivity index (χ3v) is 11.8. The van der Waals surface area contributed by atoms with Gasteiger partial charge >= 0.3 is 0 Å². The second-order valence-electron chi connectivity index (χ2n) is 14.1. The van der Waals surface area contributed by atoms with Crippen LogP contribution in [0.2, 0.25) is 0 Å². The maximum Gasteiger partial charge on any atom is 0.0546 e. The molecule has 0 aliphatic heterocycles. The van der Waals surface area contributed by atoms with Crippen molar-refractivity contribution in [1.82, 2.24) is 0 Å². The first-order valence-corrected chi connectivity index (χ1v) is 19.9. The van der Waals surface area contributed by atoms with Crippen LogP contribution in [0.4, 0.5) is 17.1 Å². The van der Waals surface area contributed by atoms with Crippen LogP contribution in [0, 0.1) is 0 Å². The van der Waals surface area contributed by atoms with Crippen LogP contribution in [0.15, 0.2) is 224 Å². The van der Waals surface area contributed by atoms with Crippen molar-refractivity contribution in [2.75, 3.05) is 4.90 Å². The van der Waals surface area contributed by atoms with Gasteiger partial charge in [0.2, 0.25) is 0 Å². The Morgan fingerprint density at radius 3 is 1.52 bits per heavy atom. The van der Waals surface area contributed by atoms with Crippen LogP contribution in [0.1, 0.15) is 0 Å². The monoisotopic (exact) mass is 731 g/mol. The molecule has 9 aromatic carbocycles. The van der Waals surface area contributed by atoms with Gasteiger partial charge in [-0.05, 0) is 92.5 Å². The quantitative estimate of drug-likeness (QED) is 0.150. The zero-order chi connectivity index (χ0) is 37.3. The van der Waals surface area contributed by atoms with Gasteiger partial charge in [-0.3, -0.25) is 0 Å². The predicted molar refractivity (Wildman–Crippen MR) is 241 cm³/mol. The molecule has 2 heteroatoms. The van der Waals surface area contributed by atoms with Crippen molar-refractivity contribution in [3.05, 3.63) is 224 Å². The van der Waals surface area contributed by atoms with E-state index >= 15 is 0 Å². The van der Waals surface area contributed by atoms with Gasteiger partial charge in [0.15, 0.2) is 0 Å². The molecule has 1 nitrogen and oxygen atoms in total. The van der Waals surface area contributed by atoms with Crippen molar-refractivity contribution in [2.45, 2.75) is 0 Å². The third-order valence-electron chi connectivity index (χ3n) is 10.7. The highest BCUT2D eigenvalue weighted by atomic mass is 32.1. The van der Waals surface area contributed by atoms with Gasteiger partial charge in [0.05, 0.1) is 5.69 Å². The van der Waals surface area contributed by atoms with E-state index in [0.717, 1.165) is 17.1 Å². The fourth-order valence-corrected chi connectivity index (χ4v) is 9.26. The normalized spacial score (nSPS) is 11.2. The Bertz CT molecular complexity index is 2950. The van der Waals surface area contributed by atoms with E-state index in [-0.39, 0.29) is 0 Å². The van der Waals surface area contributed by atoms with E-state index in [4.69, 9.17) is 0 Å². The van der Waals surface area contributed by atoms with Crippen molar-refractivity contribution < 1.29 is 0 Å². The fraction of sp³-hybridized carbons (Fsp3) is 0. The molecular weight excluding hydrogens is 695 g/mol. The summed E-state index contributed by atoms with van der Waals surface area (Å²) in [6, 6.07) is 81.4. The second kappa shape index (κ2) is 14.7. The number of hydrogen-bond donors (Lipinski definition) is 0. The van der Waals surface area contributed by atoms with Crippen molar-refractivity contribution in [3.63, 3.8) is 0 Å². The van der Waals surface area contributed by atoms with Gasteiger partial charge in [0, 0.05) is 37.1 Å². The van der Waals surface area contributed by atoms with Crippen LogP contribution < -0.4 is 4.90 Å². The average molecular weight is 732 g/mol. The number of nitrogens with zero attached hydrogens (tertiary/aromatic N) is 1. The van der Waals surface area contributed by atoms with Gasteiger partial charge in [-0.25, -0.2) is 0 Å². The molecule has 0 atom stereocenters. The van der Waals surface area contributed by atoms with Gasteiger partial charge < -0.3 is 4.90 Å². The molecule has 0 amide bonds. The van der Waals surface area contributed by atoms with Crippen LogP contribution >= 0.6 is 11.3 Å². The van der Waals surface area contributed by atoms with Crippen LogP contribution in [0.5, 0.6) is 0 Å². The average Bonchev–Trinajstić information content (AvgIpc) is 3.67. The van der Waals surface area contributed by atoms with E-state index in [2.05, 4.69) is 229 Å². The molecule has 1 aromatic heterocycles. The van der Waals surface area contributed by atoms with Crippen molar-refractivity contribution in [1.29, 1.82) is 0 Å². The van der Waals surface area contributed by atoms with Gasteiger partial charge in [-0.15, -0.1) is 11.3 Å². The van der Waals surface area contributed by atoms with Crippen LogP contribution in [-0.2, 0) is 0 Å². The second-order valence-corrected chi connectivity index (χ2v) is 15.1. The first kappa shape index (κ1) is 33.6. The summed E-state index contributed by atoms with van der Waals surface area (Å²) in [5.74, 6) is 0. The fourth-order valence-electron chi connectivity index (χ4n) is 8.13. The van der Waals surface area contributed by atoms with Gasteiger partial charge in [-0.2, -0.15) is 0 Å². The van der Waals surface area contributed by atoms with E-state index in [0.29, 0.717) is 0 Å². The molecule has 264 valence electrons. The summed E-state index contributed by atoms with van der Waals surface area (Å²) < 4.78 is 2.59. The third kappa shape index (κ3) is 6.17. The minimum Gasteiger partial charge on any atom is -0.310 e. The Morgan fingerprint density at radius 1 is 0.304 bits per heavy atom. The summed E-state index contributed by atoms with van der Waals surface area (Å²) in [5.41, 5.74) is 15.3. The molecule has 0 spiro atoms. The highest BCUT2D eigenvalue weighted by molar-refractivity contribution is 7.25. The van der Waals surface area contributed by atoms with Crippen LogP contribution in [0.25, 0.3) is 75.8 Å². The number of anilines is 3. The summed E-state index contributed by atoms with van der Waals surface area (Å²) in [4.78, 5) is 2.45. The minimum atomic E-state index is 1.09. The van der Waals surface area contributed by atoms with Crippen molar-refractivity contribution in [2.24, 2.45) is 0 Å². The Hall–Kier alpha value is -7.00. The summed E-state index contributed by atoms with van der Waals surface area (Å²) in [6.07, 6.45) is 0. The highest BCUT2D eigenvalue weighted by Gasteiger charge is 2.23. The lowest BCUT2D eigenvalue weighted by Gasteiger charge is -2.30. The van der Waals surface area contributed by atoms with Crippen molar-refractivity contribution in [3.8, 4) is 55.6 Å². The lowest BCUT2D eigenvalue weighted by Crippen LogP contribution is -2.12. The predicted octanol–water partition coefficient (Wildman–Crippen LogP) is 15.9. The number of fused-ring (bicyclic) bond motifs is 3. The lowest BCUT2D eigenvalue weighted by molar-refractivity contribution is 1.28. The molecule has 0 fully saturated rings. The number of hydrogen-bond acceptors (Lipinski definition) is 2. The largest absolute Gasteiger partial charge is 0.310 e. The summed E-state index contributed by atoms with van der Waals surface area (Å²) in [5, 5.41) is 2.58. The Labute approximate surface area is 332 Å². The van der Waals surface area contributed by atoms with Crippen LogP contribution in [0.3, 0.4) is 0 Å². The van der Waals surface area contributed by atoms with E-state index < -0.39 is 0 Å². The molecule has 1 heterocycles. The van der Waals surface area contributed by atoms with Gasteiger partial charge in [-0.1, -0.05) is 182 Å². The first-order chi connectivity index (χ1) is 27.8. The van der Waals surface area contributed by atoms with E-state index in [9.17, 15) is 0 Å². The van der Waals surface area contributed by atoms with Gasteiger partial charge in [0.25, 0.3) is 0 Å². The molecule has 0 aliphatic rings. The zero-order valence-electron chi connectivity index (χ0n) is 30.7. The van der Waals surface area contributed by atoms with E-state index in [1.165, 1.54) is 75.8 Å². The molecule has 0 saturated carbocycles. The van der Waals surface area contributed by atoms with E-state index in [1.54, 1.807) is 0 Å². The topological polar surface area (TPSA) is 3.24 Å². The summed E-state index contributed by atoms with van der Waals surface area (Å²) >= 11 is 1.86. The van der Waals surface area contributed by atoms with Gasteiger partial charge in [0.1, 0.15) is 0 Å². The summed E-state index contributed by atoms with van der Waals surface area (Å²) in [6.45, 7) is 0. The number of thiophene rings is 1. The molecule has 0 unspecified atom stereocenters. The molecule has 0 saturated heterocycles. The Balaban J connectivity index is 1.23. The Morgan fingerprint density at radius 2 is 0.804 bits per heavy atom. The molecule has 56 heavy (non-hydrogen) atoms. The Kier molecular flexibility index (Phi) is 8.79. The molecule has 0 N–H and O–H groups in total. The molecule has 10 aromatic rings. The zero-order valence-corrected chi connectivity index (χ0v) is 31.5. The lowest BCUT2D eigenvalue weighted by atomic mass is 9.89. The molecule has 10 rings (SSSR count). The molecule has 0 aliphatic carbocycles. The summed E-state index contributed by atoms with van der Waals surface area (Å²) in [7, 11) is 0. The molecule has 0 radical (unpaired) electrons. The van der Waals surface area contributed by atoms with Crippen LogP contribution in [-0.4, -0.2) is 0 Å². The number of benzene rings is 9. The highest BCUT2D eigenvalue weighted by Crippen LogP contribution is 2.50. The SMILES string of the molecule is c1ccc(-c2cccc(N(c3ccc(-c4ccccc4-c4ccccc4)cc3)c3cccc(-c4ccccc4)c3-c3cccc4sc5ccccc5c34)c2)cc1. The maximum atomic E-state index is 2.45. The maximum absolute atomic E-state index is 2.45.